The van der Waals surface area contributed by atoms with Crippen molar-refractivity contribution in [2.45, 2.75) is 19.3 Å². The summed E-state index contributed by atoms with van der Waals surface area (Å²) >= 11 is 0. The molecule has 2 aromatic carbocycles. The number of ether oxygens (including phenoxy) is 3. The zero-order valence-corrected chi connectivity index (χ0v) is 18.8. The molecule has 0 bridgehead atoms. The number of piperazine rings is 1. The van der Waals surface area contributed by atoms with Gasteiger partial charge in [-0.3, -0.25) is 4.90 Å². The molecule has 0 atom stereocenters. The largest absolute Gasteiger partial charge is 0.513 e. The molecule has 0 spiro atoms. The fraction of sp³-hybridized carbons (Fsp3) is 0.400. The van der Waals surface area contributed by atoms with Gasteiger partial charge in [-0.15, -0.1) is 0 Å². The number of carbonyl (C=O) groups excluding carboxylic acids is 1. The lowest BCUT2D eigenvalue weighted by Gasteiger charge is -2.36. The minimum Gasteiger partial charge on any atom is -0.497 e. The maximum absolute atomic E-state index is 11.4. The van der Waals surface area contributed by atoms with Gasteiger partial charge in [-0.05, 0) is 61.7 Å². The van der Waals surface area contributed by atoms with E-state index < -0.39 is 6.16 Å². The Kier molecular flexibility index (Phi) is 7.17. The molecule has 7 heteroatoms. The molecule has 7 nitrogen and oxygen atoms in total. The van der Waals surface area contributed by atoms with Gasteiger partial charge < -0.3 is 24.1 Å². The molecule has 3 aromatic rings. The fourth-order valence-electron chi connectivity index (χ4n) is 4.25. The van der Waals surface area contributed by atoms with Crippen molar-refractivity contribution in [1.29, 1.82) is 0 Å². The van der Waals surface area contributed by atoms with E-state index >= 15 is 0 Å². The summed E-state index contributed by atoms with van der Waals surface area (Å²) in [4.78, 5) is 19.7. The minimum absolute atomic E-state index is 0.499. The van der Waals surface area contributed by atoms with Crippen molar-refractivity contribution in [2.24, 2.45) is 0 Å². The number of anilines is 1. The highest BCUT2D eigenvalue weighted by Crippen LogP contribution is 2.26. The standard InChI is InChI=1S/C25H31N3O4/c1-30-21-8-5-7-20(16-21)28-14-12-27(13-15-28)11-4-3-6-19-18-26-24-10-9-22(17-23(19)24)32-25(29)31-2/h5,7-10,16-18,26H,3-4,6,11-15H2,1-2H3. The predicted molar refractivity (Wildman–Crippen MR) is 126 cm³/mol. The number of benzene rings is 2. The number of nitrogens with zero attached hydrogens (tertiary/aromatic N) is 2. The topological polar surface area (TPSA) is 67.0 Å². The van der Waals surface area contributed by atoms with E-state index in [1.807, 2.05) is 18.2 Å². The second kappa shape index (κ2) is 10.4. The zero-order valence-electron chi connectivity index (χ0n) is 18.8. The Morgan fingerprint density at radius 3 is 2.62 bits per heavy atom. The lowest BCUT2D eigenvalue weighted by atomic mass is 10.1. The molecule has 0 aliphatic carbocycles. The Morgan fingerprint density at radius 2 is 1.84 bits per heavy atom. The molecular weight excluding hydrogens is 406 g/mol. The van der Waals surface area contributed by atoms with E-state index in [0.717, 1.165) is 68.6 Å². The first-order valence-electron chi connectivity index (χ1n) is 11.1. The van der Waals surface area contributed by atoms with Gasteiger partial charge >= 0.3 is 6.16 Å². The Hall–Kier alpha value is -3.19. The first-order valence-corrected chi connectivity index (χ1v) is 11.1. The van der Waals surface area contributed by atoms with Crippen LogP contribution in [-0.4, -0.2) is 63.0 Å². The van der Waals surface area contributed by atoms with Gasteiger partial charge in [0.2, 0.25) is 0 Å². The summed E-state index contributed by atoms with van der Waals surface area (Å²) in [6.45, 7) is 5.36. The third kappa shape index (κ3) is 5.34. The predicted octanol–water partition coefficient (Wildman–Crippen LogP) is 4.47. The van der Waals surface area contributed by atoms with Crippen molar-refractivity contribution in [3.63, 3.8) is 0 Å². The van der Waals surface area contributed by atoms with E-state index in [1.165, 1.54) is 18.4 Å². The van der Waals surface area contributed by atoms with Gasteiger partial charge in [0, 0.05) is 55.0 Å². The Bertz CT molecular complexity index is 1040. The fourth-order valence-corrected chi connectivity index (χ4v) is 4.25. The van der Waals surface area contributed by atoms with Crippen LogP contribution in [0.1, 0.15) is 18.4 Å². The van der Waals surface area contributed by atoms with Crippen molar-refractivity contribution in [1.82, 2.24) is 9.88 Å². The number of methoxy groups -OCH3 is 2. The number of rotatable bonds is 8. The molecule has 1 N–H and O–H groups in total. The van der Waals surface area contributed by atoms with E-state index in [-0.39, 0.29) is 0 Å². The molecule has 1 aliphatic rings. The van der Waals surface area contributed by atoms with Crippen LogP contribution < -0.4 is 14.4 Å². The summed E-state index contributed by atoms with van der Waals surface area (Å²) in [5.74, 6) is 1.41. The van der Waals surface area contributed by atoms with Crippen LogP contribution in [0.25, 0.3) is 10.9 Å². The number of H-pyrrole nitrogens is 1. The van der Waals surface area contributed by atoms with Gasteiger partial charge in [0.05, 0.1) is 14.2 Å². The van der Waals surface area contributed by atoms with Crippen molar-refractivity contribution >= 4 is 22.7 Å². The van der Waals surface area contributed by atoms with E-state index in [1.54, 1.807) is 13.2 Å². The maximum Gasteiger partial charge on any atom is 0.513 e. The van der Waals surface area contributed by atoms with Crippen molar-refractivity contribution in [2.75, 3.05) is 51.8 Å². The van der Waals surface area contributed by atoms with Crippen molar-refractivity contribution < 1.29 is 19.0 Å². The quantitative estimate of drug-likeness (QED) is 0.319. The highest BCUT2D eigenvalue weighted by Gasteiger charge is 2.17. The van der Waals surface area contributed by atoms with Gasteiger partial charge in [-0.2, -0.15) is 0 Å². The summed E-state index contributed by atoms with van der Waals surface area (Å²) in [7, 11) is 3.02. The zero-order chi connectivity index (χ0) is 22.3. The molecule has 0 unspecified atom stereocenters. The Labute approximate surface area is 188 Å². The van der Waals surface area contributed by atoms with Crippen LogP contribution in [0.4, 0.5) is 10.5 Å². The first kappa shape index (κ1) is 22.0. The van der Waals surface area contributed by atoms with E-state index in [9.17, 15) is 4.79 Å². The third-order valence-corrected chi connectivity index (χ3v) is 6.07. The molecule has 1 saturated heterocycles. The Balaban J connectivity index is 1.23. The monoisotopic (exact) mass is 437 g/mol. The van der Waals surface area contributed by atoms with Crippen LogP contribution in [0.5, 0.6) is 11.5 Å². The summed E-state index contributed by atoms with van der Waals surface area (Å²) in [5, 5.41) is 1.10. The highest BCUT2D eigenvalue weighted by molar-refractivity contribution is 5.85. The molecule has 2 heterocycles. The third-order valence-electron chi connectivity index (χ3n) is 6.07. The SMILES string of the molecule is COC(=O)Oc1ccc2[nH]cc(CCCCN3CCN(c4cccc(OC)c4)CC3)c2c1. The second-order valence-electron chi connectivity index (χ2n) is 8.06. The minimum atomic E-state index is -0.701. The molecule has 1 aromatic heterocycles. The molecule has 0 radical (unpaired) electrons. The number of aryl methyl sites for hydroxylation is 1. The average Bonchev–Trinajstić information content (AvgIpc) is 3.24. The van der Waals surface area contributed by atoms with Gasteiger partial charge in [0.1, 0.15) is 11.5 Å². The lowest BCUT2D eigenvalue weighted by Crippen LogP contribution is -2.46. The molecule has 4 rings (SSSR count). The summed E-state index contributed by atoms with van der Waals surface area (Å²) in [6.07, 6.45) is 4.62. The van der Waals surface area contributed by atoms with E-state index in [0.29, 0.717) is 5.75 Å². The molecule has 1 aliphatic heterocycles. The van der Waals surface area contributed by atoms with E-state index in [2.05, 4.69) is 43.9 Å². The number of unbranched alkanes of at least 4 members (excludes halogenated alkanes) is 1. The molecule has 0 amide bonds. The van der Waals surface area contributed by atoms with Crippen LogP contribution in [0.3, 0.4) is 0 Å². The van der Waals surface area contributed by atoms with Gasteiger partial charge in [0.25, 0.3) is 0 Å². The number of aromatic amines is 1. The van der Waals surface area contributed by atoms with Crippen molar-refractivity contribution in [3.8, 4) is 11.5 Å². The molecule has 32 heavy (non-hydrogen) atoms. The van der Waals surface area contributed by atoms with Crippen molar-refractivity contribution in [3.05, 3.63) is 54.2 Å². The van der Waals surface area contributed by atoms with Gasteiger partial charge in [0.15, 0.2) is 0 Å². The van der Waals surface area contributed by atoms with Crippen LogP contribution in [0, 0.1) is 0 Å². The summed E-state index contributed by atoms with van der Waals surface area (Å²) < 4.78 is 15.1. The Morgan fingerprint density at radius 1 is 1.00 bits per heavy atom. The number of carbonyl (C=O) groups is 1. The van der Waals surface area contributed by atoms with Crippen LogP contribution in [0.2, 0.25) is 0 Å². The number of hydrogen-bond acceptors (Lipinski definition) is 6. The normalized spacial score (nSPS) is 14.5. The van der Waals surface area contributed by atoms with Crippen LogP contribution in [0.15, 0.2) is 48.7 Å². The average molecular weight is 438 g/mol. The first-order chi connectivity index (χ1) is 15.7. The van der Waals surface area contributed by atoms with Crippen LogP contribution >= 0.6 is 0 Å². The van der Waals surface area contributed by atoms with E-state index in [4.69, 9.17) is 9.47 Å². The number of nitrogens with one attached hydrogen (secondary N) is 1. The molecular formula is C25H31N3O4. The molecule has 170 valence electrons. The second-order valence-corrected chi connectivity index (χ2v) is 8.06. The molecule has 1 fully saturated rings. The maximum atomic E-state index is 11.4. The molecule has 0 saturated carbocycles. The van der Waals surface area contributed by atoms with Gasteiger partial charge in [-0.1, -0.05) is 6.07 Å². The summed E-state index contributed by atoms with van der Waals surface area (Å²) in [6, 6.07) is 13.9. The smallest absolute Gasteiger partial charge is 0.497 e. The lowest BCUT2D eigenvalue weighted by molar-refractivity contribution is 0.121. The number of aromatic nitrogens is 1. The summed E-state index contributed by atoms with van der Waals surface area (Å²) in [5.41, 5.74) is 3.53. The number of fused-ring (bicyclic) bond motifs is 1. The number of hydrogen-bond donors (Lipinski definition) is 1. The highest BCUT2D eigenvalue weighted by atomic mass is 16.7. The van der Waals surface area contributed by atoms with Gasteiger partial charge in [-0.25, -0.2) is 4.79 Å². The van der Waals surface area contributed by atoms with Crippen LogP contribution in [-0.2, 0) is 11.2 Å².